The van der Waals surface area contributed by atoms with Gasteiger partial charge in [-0.05, 0) is 31.9 Å². The Kier molecular flexibility index (Phi) is 7.88. The standard InChI is InChI=1S/C19H27N5O2.HI/c1-4-26-18(25)14-8-7-11-24(13-14)19(20-2)21-12-17-22-15-9-5-6-10-16(15)23(17)3;/h5-6,9-10,14H,4,7-8,11-13H2,1-3H3,(H,20,21);1H. The smallest absolute Gasteiger partial charge is 0.310 e. The topological polar surface area (TPSA) is 71.8 Å². The molecule has 1 unspecified atom stereocenters. The van der Waals surface area contributed by atoms with Crippen molar-refractivity contribution in [1.29, 1.82) is 0 Å². The number of carbonyl (C=O) groups excluding carboxylic acids is 1. The van der Waals surface area contributed by atoms with Crippen LogP contribution in [0.3, 0.4) is 0 Å². The van der Waals surface area contributed by atoms with Crippen molar-refractivity contribution < 1.29 is 9.53 Å². The summed E-state index contributed by atoms with van der Waals surface area (Å²) in [7, 11) is 3.79. The Labute approximate surface area is 177 Å². The first-order chi connectivity index (χ1) is 12.6. The number of para-hydroxylation sites is 2. The van der Waals surface area contributed by atoms with E-state index >= 15 is 0 Å². The second-order valence-corrected chi connectivity index (χ2v) is 6.51. The van der Waals surface area contributed by atoms with Crippen molar-refractivity contribution in [3.8, 4) is 0 Å². The molecule has 8 heteroatoms. The van der Waals surface area contributed by atoms with Crippen molar-refractivity contribution in [2.24, 2.45) is 18.0 Å². The Morgan fingerprint density at radius 2 is 2.19 bits per heavy atom. The van der Waals surface area contributed by atoms with E-state index in [1.54, 1.807) is 7.05 Å². The van der Waals surface area contributed by atoms with E-state index in [2.05, 4.69) is 30.8 Å². The molecule has 0 spiro atoms. The Morgan fingerprint density at radius 1 is 1.41 bits per heavy atom. The van der Waals surface area contributed by atoms with Crippen molar-refractivity contribution in [3.63, 3.8) is 0 Å². The van der Waals surface area contributed by atoms with Crippen LogP contribution in [0.5, 0.6) is 0 Å². The number of carbonyl (C=O) groups is 1. The molecule has 2 heterocycles. The minimum atomic E-state index is -0.108. The lowest BCUT2D eigenvalue weighted by molar-refractivity contribution is -0.149. The van der Waals surface area contributed by atoms with Gasteiger partial charge in [-0.2, -0.15) is 0 Å². The van der Waals surface area contributed by atoms with Gasteiger partial charge >= 0.3 is 5.97 Å². The molecule has 7 nitrogen and oxygen atoms in total. The maximum absolute atomic E-state index is 12.1. The maximum atomic E-state index is 12.1. The van der Waals surface area contributed by atoms with Crippen molar-refractivity contribution in [3.05, 3.63) is 30.1 Å². The molecule has 2 aromatic rings. The number of nitrogens with zero attached hydrogens (tertiary/aromatic N) is 4. The summed E-state index contributed by atoms with van der Waals surface area (Å²) >= 11 is 0. The van der Waals surface area contributed by atoms with Gasteiger partial charge in [-0.1, -0.05) is 12.1 Å². The second kappa shape index (κ2) is 9.91. The van der Waals surface area contributed by atoms with E-state index in [0.717, 1.165) is 42.2 Å². The third kappa shape index (κ3) is 4.91. The summed E-state index contributed by atoms with van der Waals surface area (Å²) in [4.78, 5) is 23.3. The molecule has 1 aromatic carbocycles. The summed E-state index contributed by atoms with van der Waals surface area (Å²) in [5, 5.41) is 3.39. The molecule has 3 rings (SSSR count). The lowest BCUT2D eigenvalue weighted by Gasteiger charge is -2.33. The normalized spacial score (nSPS) is 17.5. The molecule has 148 valence electrons. The number of benzene rings is 1. The molecular weight excluding hydrogens is 457 g/mol. The number of ether oxygens (including phenoxy) is 1. The maximum Gasteiger partial charge on any atom is 0.310 e. The molecule has 1 aliphatic rings. The first-order valence-corrected chi connectivity index (χ1v) is 9.16. The van der Waals surface area contributed by atoms with Crippen LogP contribution in [0.2, 0.25) is 0 Å². The van der Waals surface area contributed by atoms with Crippen LogP contribution in [-0.2, 0) is 23.1 Å². The highest BCUT2D eigenvalue weighted by Crippen LogP contribution is 2.18. The van der Waals surface area contributed by atoms with Gasteiger partial charge in [0, 0.05) is 27.2 Å². The highest BCUT2D eigenvalue weighted by Gasteiger charge is 2.28. The molecule has 27 heavy (non-hydrogen) atoms. The van der Waals surface area contributed by atoms with Gasteiger partial charge in [-0.3, -0.25) is 9.79 Å². The predicted molar refractivity (Wildman–Crippen MR) is 117 cm³/mol. The van der Waals surface area contributed by atoms with Crippen molar-refractivity contribution in [1.82, 2.24) is 19.8 Å². The Morgan fingerprint density at radius 3 is 2.89 bits per heavy atom. The van der Waals surface area contributed by atoms with E-state index in [1.807, 2.05) is 32.2 Å². The van der Waals surface area contributed by atoms with E-state index < -0.39 is 0 Å². The first kappa shape index (κ1) is 21.5. The van der Waals surface area contributed by atoms with Crippen LogP contribution in [0.1, 0.15) is 25.6 Å². The quantitative estimate of drug-likeness (QED) is 0.312. The third-order valence-electron chi connectivity index (χ3n) is 4.84. The third-order valence-corrected chi connectivity index (χ3v) is 4.84. The van der Waals surface area contributed by atoms with Crippen LogP contribution in [0.4, 0.5) is 0 Å². The van der Waals surface area contributed by atoms with Gasteiger partial charge in [0.25, 0.3) is 0 Å². The fraction of sp³-hybridized carbons (Fsp3) is 0.526. The van der Waals surface area contributed by atoms with E-state index in [4.69, 9.17) is 4.74 Å². The largest absolute Gasteiger partial charge is 0.466 e. The summed E-state index contributed by atoms with van der Waals surface area (Å²) in [6.07, 6.45) is 1.83. The number of nitrogens with one attached hydrogen (secondary N) is 1. The minimum Gasteiger partial charge on any atom is -0.466 e. The Hall–Kier alpha value is -1.84. The van der Waals surface area contributed by atoms with Crippen molar-refractivity contribution in [2.75, 3.05) is 26.7 Å². The lowest BCUT2D eigenvalue weighted by atomic mass is 9.98. The summed E-state index contributed by atoms with van der Waals surface area (Å²) < 4.78 is 7.27. The van der Waals surface area contributed by atoms with Gasteiger partial charge in [0.15, 0.2) is 5.96 Å². The van der Waals surface area contributed by atoms with E-state index in [9.17, 15) is 4.79 Å². The van der Waals surface area contributed by atoms with Crippen LogP contribution in [0, 0.1) is 5.92 Å². The number of aryl methyl sites for hydroxylation is 1. The Balaban J connectivity index is 0.00000261. The van der Waals surface area contributed by atoms with E-state index in [0.29, 0.717) is 19.7 Å². The van der Waals surface area contributed by atoms with Gasteiger partial charge in [0.05, 0.1) is 30.1 Å². The molecular formula is C19H28IN5O2. The van der Waals surface area contributed by atoms with Gasteiger partial charge < -0.3 is 19.5 Å². The van der Waals surface area contributed by atoms with E-state index in [1.165, 1.54) is 0 Å². The summed E-state index contributed by atoms with van der Waals surface area (Å²) in [6, 6.07) is 8.09. The zero-order chi connectivity index (χ0) is 18.5. The molecule has 1 fully saturated rings. The lowest BCUT2D eigenvalue weighted by Crippen LogP contribution is -2.48. The number of aromatic nitrogens is 2. The van der Waals surface area contributed by atoms with Crippen LogP contribution in [0.25, 0.3) is 11.0 Å². The minimum absolute atomic E-state index is 0. The number of aliphatic imine (C=N–C) groups is 1. The first-order valence-electron chi connectivity index (χ1n) is 9.16. The zero-order valence-corrected chi connectivity index (χ0v) is 18.5. The fourth-order valence-electron chi connectivity index (χ4n) is 3.47. The molecule has 0 bridgehead atoms. The number of likely N-dealkylation sites (tertiary alicyclic amines) is 1. The zero-order valence-electron chi connectivity index (χ0n) is 16.1. The van der Waals surface area contributed by atoms with E-state index in [-0.39, 0.29) is 35.9 Å². The van der Waals surface area contributed by atoms with Gasteiger partial charge in [0.2, 0.25) is 0 Å². The van der Waals surface area contributed by atoms with Crippen LogP contribution < -0.4 is 5.32 Å². The number of piperidine rings is 1. The van der Waals surface area contributed by atoms with Crippen molar-refractivity contribution >= 4 is 46.9 Å². The number of guanidine groups is 1. The summed E-state index contributed by atoms with van der Waals surface area (Å²) in [5.41, 5.74) is 2.10. The summed E-state index contributed by atoms with van der Waals surface area (Å²) in [6.45, 7) is 4.38. The average molecular weight is 485 g/mol. The molecule has 0 amide bonds. The number of hydrogen-bond donors (Lipinski definition) is 1. The number of halogens is 1. The number of fused-ring (bicyclic) bond motifs is 1. The predicted octanol–water partition coefficient (Wildman–Crippen LogP) is 2.54. The number of esters is 1. The van der Waals surface area contributed by atoms with Crippen LogP contribution in [0.15, 0.2) is 29.3 Å². The molecule has 1 aromatic heterocycles. The number of imidazole rings is 1. The molecule has 1 atom stereocenters. The van der Waals surface area contributed by atoms with Crippen molar-refractivity contribution in [2.45, 2.75) is 26.3 Å². The molecule has 0 saturated carbocycles. The molecule has 0 aliphatic carbocycles. The van der Waals surface area contributed by atoms with Crippen LogP contribution >= 0.6 is 24.0 Å². The monoisotopic (exact) mass is 485 g/mol. The average Bonchev–Trinajstić information content (AvgIpc) is 2.99. The molecule has 0 radical (unpaired) electrons. The highest BCUT2D eigenvalue weighted by molar-refractivity contribution is 14.0. The van der Waals surface area contributed by atoms with Gasteiger partial charge in [0.1, 0.15) is 5.82 Å². The van der Waals surface area contributed by atoms with Crippen LogP contribution in [-0.4, -0.2) is 53.1 Å². The molecule has 1 aliphatic heterocycles. The number of rotatable bonds is 4. The molecule has 1 N–H and O–H groups in total. The fourth-order valence-corrected chi connectivity index (χ4v) is 3.47. The van der Waals surface area contributed by atoms with Gasteiger partial charge in [-0.15, -0.1) is 24.0 Å². The Bertz CT molecular complexity index is 804. The summed E-state index contributed by atoms with van der Waals surface area (Å²) in [5.74, 6) is 1.55. The highest BCUT2D eigenvalue weighted by atomic mass is 127. The second-order valence-electron chi connectivity index (χ2n) is 6.51. The molecule has 1 saturated heterocycles. The SMILES string of the molecule is CCOC(=O)C1CCCN(C(=NC)NCc2nc3ccccc3n2C)C1.I. The number of hydrogen-bond acceptors (Lipinski definition) is 4. The van der Waals surface area contributed by atoms with Gasteiger partial charge in [-0.25, -0.2) is 4.98 Å².